The summed E-state index contributed by atoms with van der Waals surface area (Å²) < 4.78 is 1.32. The molecule has 0 aromatic heterocycles. The number of hydrogen-bond donors (Lipinski definition) is 0. The van der Waals surface area contributed by atoms with Gasteiger partial charge in [0.05, 0.1) is 6.04 Å². The highest BCUT2D eigenvalue weighted by Gasteiger charge is 2.19. The van der Waals surface area contributed by atoms with E-state index in [0.29, 0.717) is 6.04 Å². The zero-order valence-electron chi connectivity index (χ0n) is 13.0. The summed E-state index contributed by atoms with van der Waals surface area (Å²) in [4.78, 5) is 2.43. The molecule has 0 saturated carbocycles. The van der Waals surface area contributed by atoms with Crippen molar-refractivity contribution in [3.05, 3.63) is 81.5 Å². The summed E-state index contributed by atoms with van der Waals surface area (Å²) in [5.74, 6) is 0. The molecule has 0 spiro atoms. The predicted octanol–water partition coefficient (Wildman–Crippen LogP) is 6.09. The molecular formula is C20H20IN. The molecule has 22 heavy (non-hydrogen) atoms. The normalized spacial score (nSPS) is 17.2. The van der Waals surface area contributed by atoms with Gasteiger partial charge in [0.1, 0.15) is 0 Å². The van der Waals surface area contributed by atoms with Gasteiger partial charge in [-0.1, -0.05) is 53.6 Å². The van der Waals surface area contributed by atoms with Gasteiger partial charge in [-0.2, -0.15) is 0 Å². The van der Waals surface area contributed by atoms with E-state index in [4.69, 9.17) is 0 Å². The third-order valence-electron chi connectivity index (χ3n) is 3.99. The second-order valence-corrected chi connectivity index (χ2v) is 7.04. The first-order chi connectivity index (χ1) is 10.6. The first-order valence-electron chi connectivity index (χ1n) is 7.60. The number of allylic oxidation sites excluding steroid dienone is 2. The zero-order valence-corrected chi connectivity index (χ0v) is 15.1. The topological polar surface area (TPSA) is 3.24 Å². The van der Waals surface area contributed by atoms with Crippen LogP contribution in [0.5, 0.6) is 0 Å². The molecule has 0 bridgehead atoms. The number of anilines is 2. The summed E-state index contributed by atoms with van der Waals surface area (Å²) in [7, 11) is 0. The van der Waals surface area contributed by atoms with Crippen molar-refractivity contribution in [2.75, 3.05) is 4.90 Å². The molecule has 2 heteroatoms. The molecule has 2 aromatic rings. The van der Waals surface area contributed by atoms with E-state index < -0.39 is 0 Å². The number of nitrogens with zero attached hydrogens (tertiary/aromatic N) is 1. The largest absolute Gasteiger partial charge is 0.334 e. The molecule has 0 heterocycles. The minimum atomic E-state index is 0.365. The molecule has 1 aliphatic rings. The number of rotatable bonds is 3. The van der Waals surface area contributed by atoms with Gasteiger partial charge in [-0.15, -0.1) is 0 Å². The Balaban J connectivity index is 2.00. The van der Waals surface area contributed by atoms with Crippen molar-refractivity contribution in [1.29, 1.82) is 0 Å². The van der Waals surface area contributed by atoms with Gasteiger partial charge in [0, 0.05) is 15.0 Å². The van der Waals surface area contributed by atoms with Crippen LogP contribution in [0.3, 0.4) is 0 Å². The lowest BCUT2D eigenvalue weighted by molar-refractivity contribution is 0.784. The first kappa shape index (κ1) is 15.3. The van der Waals surface area contributed by atoms with E-state index in [0.717, 1.165) is 6.42 Å². The maximum atomic E-state index is 2.43. The number of halogens is 1. The molecule has 3 rings (SSSR count). The van der Waals surface area contributed by atoms with Crippen molar-refractivity contribution < 1.29 is 0 Å². The van der Waals surface area contributed by atoms with Crippen LogP contribution in [-0.2, 0) is 0 Å². The molecule has 1 atom stereocenters. The monoisotopic (exact) mass is 401 g/mol. The molecule has 1 unspecified atom stereocenters. The van der Waals surface area contributed by atoms with Crippen LogP contribution in [0.4, 0.5) is 11.4 Å². The molecule has 0 radical (unpaired) electrons. The highest BCUT2D eigenvalue weighted by Crippen LogP contribution is 2.32. The summed E-state index contributed by atoms with van der Waals surface area (Å²) >= 11 is 2.38. The van der Waals surface area contributed by atoms with E-state index in [1.54, 1.807) is 0 Å². The predicted molar refractivity (Wildman–Crippen MR) is 104 cm³/mol. The smallest absolute Gasteiger partial charge is 0.0560 e. The van der Waals surface area contributed by atoms with E-state index in [1.807, 2.05) is 0 Å². The van der Waals surface area contributed by atoms with Gasteiger partial charge >= 0.3 is 0 Å². The summed E-state index contributed by atoms with van der Waals surface area (Å²) in [6.45, 7) is 4.26. The van der Waals surface area contributed by atoms with Gasteiger partial charge in [-0.25, -0.2) is 0 Å². The third-order valence-corrected chi connectivity index (χ3v) is 4.79. The fourth-order valence-corrected chi connectivity index (χ4v) is 3.18. The summed E-state index contributed by atoms with van der Waals surface area (Å²) in [5.41, 5.74) is 5.08. The Kier molecular flexibility index (Phi) is 4.67. The molecule has 0 aliphatic heterocycles. The van der Waals surface area contributed by atoms with Gasteiger partial charge in [-0.3, -0.25) is 0 Å². The van der Waals surface area contributed by atoms with Crippen LogP contribution in [0, 0.1) is 13.8 Å². The van der Waals surface area contributed by atoms with Gasteiger partial charge < -0.3 is 4.90 Å². The van der Waals surface area contributed by atoms with Crippen molar-refractivity contribution >= 4 is 34.0 Å². The van der Waals surface area contributed by atoms with Gasteiger partial charge in [0.15, 0.2) is 0 Å². The van der Waals surface area contributed by atoms with Crippen molar-refractivity contribution in [3.63, 3.8) is 0 Å². The van der Waals surface area contributed by atoms with E-state index in [2.05, 4.69) is 108 Å². The average molecular weight is 401 g/mol. The summed E-state index contributed by atoms with van der Waals surface area (Å²) in [6, 6.07) is 18.0. The van der Waals surface area contributed by atoms with Crippen LogP contribution in [0.15, 0.2) is 70.3 Å². The second kappa shape index (κ2) is 6.69. The van der Waals surface area contributed by atoms with Gasteiger partial charge in [0.25, 0.3) is 0 Å². The SMILES string of the molecule is Cc1ccc(N(c2ccc(C)cc2)C2C=CC(I)=CC2)cc1. The van der Waals surface area contributed by atoms with E-state index >= 15 is 0 Å². The minimum Gasteiger partial charge on any atom is -0.334 e. The van der Waals surface area contributed by atoms with Crippen LogP contribution < -0.4 is 4.90 Å². The van der Waals surface area contributed by atoms with Crippen molar-refractivity contribution in [2.45, 2.75) is 26.3 Å². The Labute approximate surface area is 146 Å². The fourth-order valence-electron chi connectivity index (χ4n) is 2.72. The Hall–Kier alpha value is -1.55. The number of benzene rings is 2. The molecule has 0 N–H and O–H groups in total. The van der Waals surface area contributed by atoms with Crippen molar-refractivity contribution in [3.8, 4) is 0 Å². The number of hydrogen-bond acceptors (Lipinski definition) is 1. The van der Waals surface area contributed by atoms with E-state index in [-0.39, 0.29) is 0 Å². The zero-order chi connectivity index (χ0) is 15.5. The third kappa shape index (κ3) is 3.43. The number of aryl methyl sites for hydroxylation is 2. The highest BCUT2D eigenvalue weighted by atomic mass is 127. The van der Waals surface area contributed by atoms with Crippen LogP contribution in [0.2, 0.25) is 0 Å². The average Bonchev–Trinajstić information content (AvgIpc) is 2.53. The quantitative estimate of drug-likeness (QED) is 0.563. The Morgan fingerprint density at radius 1 is 0.864 bits per heavy atom. The lowest BCUT2D eigenvalue weighted by Crippen LogP contribution is -2.29. The highest BCUT2D eigenvalue weighted by molar-refractivity contribution is 14.1. The standard InChI is InChI=1S/C20H20IN/c1-15-3-9-18(10-4-15)22(19-11-5-16(2)6-12-19)20-13-7-17(21)8-14-20/h3-13,20H,14H2,1-2H3. The second-order valence-electron chi connectivity index (χ2n) is 5.79. The Morgan fingerprint density at radius 3 is 1.77 bits per heavy atom. The Bertz CT molecular complexity index is 650. The lowest BCUT2D eigenvalue weighted by atomic mass is 10.0. The fraction of sp³-hybridized carbons (Fsp3) is 0.200. The van der Waals surface area contributed by atoms with Crippen molar-refractivity contribution in [2.24, 2.45) is 0 Å². The van der Waals surface area contributed by atoms with Crippen LogP contribution in [-0.4, -0.2) is 6.04 Å². The molecule has 2 aromatic carbocycles. The van der Waals surface area contributed by atoms with Gasteiger partial charge in [0.2, 0.25) is 0 Å². The molecule has 0 amide bonds. The van der Waals surface area contributed by atoms with Crippen molar-refractivity contribution in [1.82, 2.24) is 0 Å². The summed E-state index contributed by atoms with van der Waals surface area (Å²) in [5, 5.41) is 0. The Morgan fingerprint density at radius 2 is 1.36 bits per heavy atom. The molecule has 1 aliphatic carbocycles. The minimum absolute atomic E-state index is 0.365. The molecular weight excluding hydrogens is 381 g/mol. The molecule has 0 fully saturated rings. The van der Waals surface area contributed by atoms with Crippen LogP contribution in [0.1, 0.15) is 17.5 Å². The molecule has 112 valence electrons. The first-order valence-corrected chi connectivity index (χ1v) is 8.68. The summed E-state index contributed by atoms with van der Waals surface area (Å²) in [6.07, 6.45) is 7.86. The van der Waals surface area contributed by atoms with Crippen LogP contribution in [0.25, 0.3) is 0 Å². The van der Waals surface area contributed by atoms with E-state index in [9.17, 15) is 0 Å². The van der Waals surface area contributed by atoms with Gasteiger partial charge in [-0.05, 0) is 67.1 Å². The van der Waals surface area contributed by atoms with E-state index in [1.165, 1.54) is 26.1 Å². The lowest BCUT2D eigenvalue weighted by Gasteiger charge is -2.33. The maximum absolute atomic E-state index is 2.43. The molecule has 1 nitrogen and oxygen atoms in total. The molecule has 0 saturated heterocycles. The van der Waals surface area contributed by atoms with Crippen LogP contribution >= 0.6 is 22.6 Å². The maximum Gasteiger partial charge on any atom is 0.0560 e.